The molecule has 0 fully saturated rings. The quantitative estimate of drug-likeness (QED) is 0.238. The van der Waals surface area contributed by atoms with Crippen LogP contribution in [0.5, 0.6) is 0 Å². The molecule has 0 rings (SSSR count). The molecule has 8 nitrogen and oxygen atoms in total. The van der Waals surface area contributed by atoms with Crippen molar-refractivity contribution in [3.05, 3.63) is 0 Å². The first kappa shape index (κ1) is 15.9. The van der Waals surface area contributed by atoms with Crippen LogP contribution in [0.4, 0.5) is 0 Å². The molecule has 0 aromatic carbocycles. The highest BCUT2D eigenvalue weighted by molar-refractivity contribution is 7.74. The predicted molar refractivity (Wildman–Crippen MR) is 54.7 cm³/mol. The second kappa shape index (κ2) is 8.03. The zero-order valence-electron chi connectivity index (χ0n) is 8.57. The van der Waals surface area contributed by atoms with Crippen LogP contribution >= 0.6 is 0 Å². The maximum absolute atomic E-state index is 10.1. The smallest absolute Gasteiger partial charge is 0.301 e. The van der Waals surface area contributed by atoms with Crippen molar-refractivity contribution in [3.63, 3.8) is 0 Å². The summed E-state index contributed by atoms with van der Waals surface area (Å²) in [6, 6.07) is 0. The first-order valence-electron chi connectivity index (χ1n) is 4.49. The molecule has 0 aliphatic heterocycles. The summed E-state index contributed by atoms with van der Waals surface area (Å²) >= 11 is -2.45. The maximum atomic E-state index is 10.1. The van der Waals surface area contributed by atoms with E-state index in [4.69, 9.17) is 19.9 Å². The number of aliphatic hydroxyl groups excluding tert-OH is 4. The molecule has 2 unspecified atom stereocenters. The van der Waals surface area contributed by atoms with Crippen LogP contribution < -0.4 is 5.32 Å². The molecule has 0 saturated carbocycles. The van der Waals surface area contributed by atoms with Gasteiger partial charge in [0.1, 0.15) is 0 Å². The summed E-state index contributed by atoms with van der Waals surface area (Å²) in [7, 11) is 0. The number of rotatable bonds is 9. The van der Waals surface area contributed by atoms with E-state index in [1.807, 2.05) is 0 Å². The lowest BCUT2D eigenvalue weighted by molar-refractivity contribution is 0.0263. The molecule has 0 heterocycles. The fourth-order valence-electron chi connectivity index (χ4n) is 0.848. The van der Waals surface area contributed by atoms with E-state index in [0.717, 1.165) is 0 Å². The largest absolute Gasteiger partial charge is 0.394 e. The predicted octanol–water partition coefficient (Wildman–Crippen LogP) is -3.19. The van der Waals surface area contributed by atoms with Crippen LogP contribution in [0.1, 0.15) is 0 Å². The monoisotopic (exact) mass is 259 g/mol. The lowest BCUT2D eigenvalue weighted by Crippen LogP contribution is -2.57. The van der Waals surface area contributed by atoms with Crippen LogP contribution in [0, 0.1) is 0 Å². The van der Waals surface area contributed by atoms with Crippen LogP contribution in [0.15, 0.2) is 0 Å². The zero-order valence-corrected chi connectivity index (χ0v) is 9.39. The Bertz CT molecular complexity index is 203. The van der Waals surface area contributed by atoms with Crippen molar-refractivity contribution in [2.24, 2.45) is 0 Å². The second-order valence-corrected chi connectivity index (χ2v) is 3.96. The summed E-state index contributed by atoms with van der Waals surface area (Å²) in [5.41, 5.74) is -1.29. The number of nitrogens with one attached hydrogen (secondary N) is 1. The Balaban J connectivity index is 3.96. The lowest BCUT2D eigenvalue weighted by Gasteiger charge is -2.29. The van der Waals surface area contributed by atoms with Crippen LogP contribution in [0.2, 0.25) is 0 Å². The van der Waals surface area contributed by atoms with Crippen molar-refractivity contribution in [2.45, 2.75) is 11.6 Å². The summed E-state index contributed by atoms with van der Waals surface area (Å²) in [5, 5.41) is 38.6. The number of aliphatic hydroxyl groups is 4. The standard InChI is InChI=1S/C7H17NO7S/c9-3-7(4-10,5-11)8-1-6(12)2-15-16(13)14/h6,8-12H,1-5H2,(H,13,14). The van der Waals surface area contributed by atoms with Crippen molar-refractivity contribution in [3.8, 4) is 0 Å². The SMILES string of the molecule is O=S(O)OCC(O)CNC(CO)(CO)CO. The summed E-state index contributed by atoms with van der Waals surface area (Å²) in [6.07, 6.45) is -1.10. The van der Waals surface area contributed by atoms with Gasteiger partial charge in [0.2, 0.25) is 0 Å². The Morgan fingerprint density at radius 1 is 1.25 bits per heavy atom. The Labute approximate surface area is 95.4 Å². The molecule has 0 radical (unpaired) electrons. The summed E-state index contributed by atoms with van der Waals surface area (Å²) in [5.74, 6) is 0. The molecule has 0 spiro atoms. The average Bonchev–Trinajstić information content (AvgIpc) is 2.29. The van der Waals surface area contributed by atoms with Crippen molar-refractivity contribution in [1.29, 1.82) is 0 Å². The summed E-state index contributed by atoms with van der Waals surface area (Å²) < 4.78 is 22.6. The van der Waals surface area contributed by atoms with Gasteiger partial charge in [0.25, 0.3) is 0 Å². The van der Waals surface area contributed by atoms with E-state index >= 15 is 0 Å². The highest BCUT2D eigenvalue weighted by atomic mass is 32.2. The minimum Gasteiger partial charge on any atom is -0.394 e. The van der Waals surface area contributed by atoms with E-state index in [0.29, 0.717) is 0 Å². The molecular formula is C7H17NO7S. The fourth-order valence-corrected chi connectivity index (χ4v) is 1.12. The van der Waals surface area contributed by atoms with E-state index in [-0.39, 0.29) is 13.2 Å². The van der Waals surface area contributed by atoms with E-state index < -0.39 is 42.8 Å². The first-order chi connectivity index (χ1) is 7.49. The van der Waals surface area contributed by atoms with E-state index in [1.54, 1.807) is 0 Å². The van der Waals surface area contributed by atoms with Gasteiger partial charge >= 0.3 is 11.4 Å². The highest BCUT2D eigenvalue weighted by Crippen LogP contribution is 2.01. The van der Waals surface area contributed by atoms with Crippen molar-refractivity contribution >= 4 is 11.4 Å². The minimum absolute atomic E-state index is 0.112. The van der Waals surface area contributed by atoms with Gasteiger partial charge in [-0.3, -0.25) is 8.74 Å². The van der Waals surface area contributed by atoms with Crippen molar-refractivity contribution in [2.75, 3.05) is 33.0 Å². The molecule has 0 bridgehead atoms. The summed E-state index contributed by atoms with van der Waals surface area (Å²) in [6.45, 7) is -2.04. The molecule has 9 heteroatoms. The van der Waals surface area contributed by atoms with Gasteiger partial charge in [0.15, 0.2) is 0 Å². The molecule has 16 heavy (non-hydrogen) atoms. The normalized spacial score (nSPS) is 16.1. The molecule has 0 amide bonds. The van der Waals surface area contributed by atoms with Gasteiger partial charge in [0.05, 0.1) is 38.1 Å². The third-order valence-electron chi connectivity index (χ3n) is 1.98. The van der Waals surface area contributed by atoms with Gasteiger partial charge < -0.3 is 25.7 Å². The molecule has 98 valence electrons. The van der Waals surface area contributed by atoms with Crippen molar-refractivity contribution in [1.82, 2.24) is 5.32 Å². The van der Waals surface area contributed by atoms with Crippen LogP contribution in [-0.4, -0.2) is 73.8 Å². The molecule has 0 aliphatic rings. The Kier molecular flexibility index (Phi) is 7.97. The molecule has 0 aliphatic carbocycles. The fraction of sp³-hybridized carbons (Fsp3) is 1.00. The number of hydrogen-bond donors (Lipinski definition) is 6. The Morgan fingerprint density at radius 2 is 1.75 bits per heavy atom. The zero-order chi connectivity index (χ0) is 12.6. The van der Waals surface area contributed by atoms with Crippen LogP contribution in [0.3, 0.4) is 0 Å². The Hall–Kier alpha value is -0.130. The van der Waals surface area contributed by atoms with Crippen molar-refractivity contribution < 1.29 is 33.4 Å². The van der Waals surface area contributed by atoms with Gasteiger partial charge in [0, 0.05) is 6.54 Å². The van der Waals surface area contributed by atoms with Gasteiger partial charge in [-0.15, -0.1) is 0 Å². The third-order valence-corrected chi connectivity index (χ3v) is 2.32. The molecule has 0 aromatic rings. The molecular weight excluding hydrogens is 242 g/mol. The first-order valence-corrected chi connectivity index (χ1v) is 5.52. The topological polar surface area (TPSA) is 139 Å². The van der Waals surface area contributed by atoms with E-state index in [2.05, 4.69) is 9.50 Å². The highest BCUT2D eigenvalue weighted by Gasteiger charge is 2.28. The number of β-amino-alcohol motifs (C(OH)–C–C–N with tert-alkyl or cyclic N) is 1. The molecule has 0 saturated heterocycles. The van der Waals surface area contributed by atoms with Crippen LogP contribution in [-0.2, 0) is 15.5 Å². The Morgan fingerprint density at radius 3 is 2.12 bits per heavy atom. The van der Waals surface area contributed by atoms with Crippen LogP contribution in [0.25, 0.3) is 0 Å². The minimum atomic E-state index is -2.45. The lowest BCUT2D eigenvalue weighted by atomic mass is 10.0. The van der Waals surface area contributed by atoms with Gasteiger partial charge in [-0.25, -0.2) is 0 Å². The molecule has 2 atom stereocenters. The van der Waals surface area contributed by atoms with Gasteiger partial charge in [-0.05, 0) is 0 Å². The van der Waals surface area contributed by atoms with Gasteiger partial charge in [-0.2, -0.15) is 4.21 Å². The second-order valence-electron chi connectivity index (χ2n) is 3.29. The van der Waals surface area contributed by atoms with Gasteiger partial charge in [-0.1, -0.05) is 0 Å². The maximum Gasteiger partial charge on any atom is 0.301 e. The van der Waals surface area contributed by atoms with E-state index in [9.17, 15) is 9.32 Å². The molecule has 6 N–H and O–H groups in total. The number of hydrogen-bond acceptors (Lipinski definition) is 7. The third kappa shape index (κ3) is 5.82. The summed E-state index contributed by atoms with van der Waals surface area (Å²) in [4.78, 5) is 0. The molecule has 0 aromatic heterocycles. The average molecular weight is 259 g/mol. The van der Waals surface area contributed by atoms with E-state index in [1.165, 1.54) is 0 Å².